The number of anilines is 1. The molecule has 0 saturated carbocycles. The lowest BCUT2D eigenvalue weighted by Gasteiger charge is -2.27. The molecule has 0 unspecified atom stereocenters. The minimum Gasteiger partial charge on any atom is -0.335 e. The topological polar surface area (TPSA) is 69.7 Å². The maximum absolute atomic E-state index is 12.9. The van der Waals surface area contributed by atoms with Crippen molar-refractivity contribution in [1.82, 2.24) is 9.80 Å². The van der Waals surface area contributed by atoms with Crippen molar-refractivity contribution >= 4 is 35.2 Å². The van der Waals surface area contributed by atoms with E-state index in [1.54, 1.807) is 36.2 Å². The lowest BCUT2D eigenvalue weighted by molar-refractivity contribution is -0.136. The Bertz CT molecular complexity index is 855. The standard InChI is InChI=1S/C21H23N3O3S/c1-15-8-10-17(11-9-15)22-19(25)12-23(2)21(27)18-13-28-14-24(18)20(26)16-6-4-3-5-7-16/h3-11,18H,12-14H2,1-2H3,(H,22,25)/t18-/m1/s1. The molecule has 0 aromatic heterocycles. The van der Waals surface area contributed by atoms with Gasteiger partial charge in [-0.1, -0.05) is 35.9 Å². The molecule has 0 radical (unpaired) electrons. The highest BCUT2D eigenvalue weighted by molar-refractivity contribution is 7.99. The number of likely N-dealkylation sites (N-methyl/N-ethyl adjacent to an activating group) is 1. The monoisotopic (exact) mass is 397 g/mol. The van der Waals surface area contributed by atoms with Crippen molar-refractivity contribution in [2.45, 2.75) is 13.0 Å². The molecule has 3 rings (SSSR count). The van der Waals surface area contributed by atoms with Gasteiger partial charge in [-0.2, -0.15) is 0 Å². The normalized spacial score (nSPS) is 15.9. The van der Waals surface area contributed by atoms with E-state index in [0.29, 0.717) is 22.9 Å². The number of nitrogens with one attached hydrogen (secondary N) is 1. The molecule has 0 aliphatic carbocycles. The number of hydrogen-bond donors (Lipinski definition) is 1. The second kappa shape index (κ2) is 8.93. The van der Waals surface area contributed by atoms with E-state index in [0.717, 1.165) is 5.56 Å². The van der Waals surface area contributed by atoms with E-state index in [9.17, 15) is 14.4 Å². The molecule has 1 N–H and O–H groups in total. The van der Waals surface area contributed by atoms with Crippen molar-refractivity contribution in [2.75, 3.05) is 30.5 Å². The average molecular weight is 398 g/mol. The van der Waals surface area contributed by atoms with Crippen LogP contribution < -0.4 is 5.32 Å². The number of rotatable bonds is 5. The number of amides is 3. The quantitative estimate of drug-likeness (QED) is 0.842. The van der Waals surface area contributed by atoms with Gasteiger partial charge in [-0.05, 0) is 31.2 Å². The third-order valence-electron chi connectivity index (χ3n) is 4.54. The maximum atomic E-state index is 12.9. The van der Waals surface area contributed by atoms with Crippen LogP contribution in [0.25, 0.3) is 0 Å². The van der Waals surface area contributed by atoms with Gasteiger partial charge >= 0.3 is 0 Å². The molecule has 6 nitrogen and oxygen atoms in total. The number of benzene rings is 2. The Morgan fingerprint density at radius 3 is 2.46 bits per heavy atom. The van der Waals surface area contributed by atoms with Crippen LogP contribution in [0, 0.1) is 6.92 Å². The van der Waals surface area contributed by atoms with Crippen LogP contribution in [0.15, 0.2) is 54.6 Å². The predicted molar refractivity (Wildman–Crippen MR) is 111 cm³/mol. The number of carbonyl (C=O) groups is 3. The molecular formula is C21H23N3O3S. The molecular weight excluding hydrogens is 374 g/mol. The van der Waals surface area contributed by atoms with Crippen molar-refractivity contribution in [3.05, 3.63) is 65.7 Å². The van der Waals surface area contributed by atoms with Crippen LogP contribution >= 0.6 is 11.8 Å². The van der Waals surface area contributed by atoms with E-state index >= 15 is 0 Å². The highest BCUT2D eigenvalue weighted by Crippen LogP contribution is 2.24. The minimum absolute atomic E-state index is 0.0682. The van der Waals surface area contributed by atoms with Crippen LogP contribution in [0.5, 0.6) is 0 Å². The van der Waals surface area contributed by atoms with Crippen molar-refractivity contribution in [2.24, 2.45) is 0 Å². The number of aryl methyl sites for hydroxylation is 1. The Morgan fingerprint density at radius 1 is 1.11 bits per heavy atom. The third kappa shape index (κ3) is 4.72. The first-order valence-electron chi connectivity index (χ1n) is 9.01. The maximum Gasteiger partial charge on any atom is 0.255 e. The Balaban J connectivity index is 1.60. The summed E-state index contributed by atoms with van der Waals surface area (Å²) in [6.07, 6.45) is 0. The van der Waals surface area contributed by atoms with Gasteiger partial charge in [0, 0.05) is 24.1 Å². The van der Waals surface area contributed by atoms with Crippen molar-refractivity contribution < 1.29 is 14.4 Å². The summed E-state index contributed by atoms with van der Waals surface area (Å²) in [7, 11) is 1.59. The zero-order valence-corrected chi connectivity index (χ0v) is 16.7. The summed E-state index contributed by atoms with van der Waals surface area (Å²) in [6.45, 7) is 1.90. The van der Waals surface area contributed by atoms with Gasteiger partial charge in [0.2, 0.25) is 11.8 Å². The fraction of sp³-hybridized carbons (Fsp3) is 0.286. The molecule has 3 amide bonds. The molecule has 146 valence electrons. The molecule has 1 fully saturated rings. The number of hydrogen-bond acceptors (Lipinski definition) is 4. The summed E-state index contributed by atoms with van der Waals surface area (Å²) in [5.41, 5.74) is 2.35. The molecule has 0 bridgehead atoms. The summed E-state index contributed by atoms with van der Waals surface area (Å²) in [5, 5.41) is 2.79. The predicted octanol–water partition coefficient (Wildman–Crippen LogP) is 2.61. The van der Waals surface area contributed by atoms with Crippen LogP contribution in [0.3, 0.4) is 0 Å². The van der Waals surface area contributed by atoms with Crippen LogP contribution in [0.4, 0.5) is 5.69 Å². The smallest absolute Gasteiger partial charge is 0.255 e. The number of nitrogens with zero attached hydrogens (tertiary/aromatic N) is 2. The summed E-state index contributed by atoms with van der Waals surface area (Å²) < 4.78 is 0. The Labute approximate surface area is 168 Å². The minimum atomic E-state index is -0.560. The molecule has 28 heavy (non-hydrogen) atoms. The van der Waals surface area contributed by atoms with Gasteiger partial charge in [0.05, 0.1) is 12.4 Å². The summed E-state index contributed by atoms with van der Waals surface area (Å²) >= 11 is 1.54. The molecule has 1 saturated heterocycles. The lowest BCUT2D eigenvalue weighted by Crippen LogP contribution is -2.49. The zero-order chi connectivity index (χ0) is 20.1. The summed E-state index contributed by atoms with van der Waals surface area (Å²) in [5.74, 6) is 0.329. The summed E-state index contributed by atoms with van der Waals surface area (Å²) in [4.78, 5) is 40.8. The van der Waals surface area contributed by atoms with E-state index in [-0.39, 0.29) is 24.3 Å². The van der Waals surface area contributed by atoms with Gasteiger partial charge in [0.15, 0.2) is 0 Å². The Hall–Kier alpha value is -2.80. The Kier molecular flexibility index (Phi) is 6.36. The first-order chi connectivity index (χ1) is 13.5. The van der Waals surface area contributed by atoms with Gasteiger partial charge in [0.1, 0.15) is 6.04 Å². The van der Waals surface area contributed by atoms with Crippen molar-refractivity contribution in [1.29, 1.82) is 0 Å². The van der Waals surface area contributed by atoms with E-state index in [2.05, 4.69) is 5.32 Å². The molecule has 1 aliphatic rings. The fourth-order valence-corrected chi connectivity index (χ4v) is 4.12. The molecule has 1 atom stereocenters. The molecule has 0 spiro atoms. The summed E-state index contributed by atoms with van der Waals surface area (Å²) in [6, 6.07) is 15.8. The Morgan fingerprint density at radius 2 is 1.79 bits per heavy atom. The first-order valence-corrected chi connectivity index (χ1v) is 10.2. The third-order valence-corrected chi connectivity index (χ3v) is 5.55. The number of carbonyl (C=O) groups excluding carboxylic acids is 3. The van der Waals surface area contributed by atoms with Crippen molar-refractivity contribution in [3.8, 4) is 0 Å². The van der Waals surface area contributed by atoms with Crippen molar-refractivity contribution in [3.63, 3.8) is 0 Å². The average Bonchev–Trinajstić information content (AvgIpc) is 3.19. The SMILES string of the molecule is Cc1ccc(NC(=O)CN(C)C(=O)[C@H]2CSCN2C(=O)c2ccccc2)cc1. The zero-order valence-electron chi connectivity index (χ0n) is 15.9. The van der Waals surface area contributed by atoms with Gasteiger partial charge in [-0.3, -0.25) is 14.4 Å². The molecule has 2 aromatic carbocycles. The largest absolute Gasteiger partial charge is 0.335 e. The van der Waals surface area contributed by atoms with Gasteiger partial charge in [0.25, 0.3) is 5.91 Å². The second-order valence-corrected chi connectivity index (χ2v) is 7.76. The van der Waals surface area contributed by atoms with E-state index in [1.807, 2.05) is 37.3 Å². The highest BCUT2D eigenvalue weighted by atomic mass is 32.2. The molecule has 7 heteroatoms. The lowest BCUT2D eigenvalue weighted by atomic mass is 10.1. The van der Waals surface area contributed by atoms with E-state index in [4.69, 9.17) is 0 Å². The fourth-order valence-electron chi connectivity index (χ4n) is 2.98. The van der Waals surface area contributed by atoms with Gasteiger partial charge in [-0.15, -0.1) is 11.8 Å². The molecule has 1 heterocycles. The van der Waals surface area contributed by atoms with Crippen LogP contribution in [-0.4, -0.2) is 58.8 Å². The highest BCUT2D eigenvalue weighted by Gasteiger charge is 2.36. The second-order valence-electron chi connectivity index (χ2n) is 6.77. The van der Waals surface area contributed by atoms with E-state index < -0.39 is 6.04 Å². The first kappa shape index (κ1) is 19.9. The van der Waals surface area contributed by atoms with Gasteiger partial charge in [-0.25, -0.2) is 0 Å². The van der Waals surface area contributed by atoms with Crippen LogP contribution in [-0.2, 0) is 9.59 Å². The van der Waals surface area contributed by atoms with Crippen LogP contribution in [0.2, 0.25) is 0 Å². The van der Waals surface area contributed by atoms with Gasteiger partial charge < -0.3 is 15.1 Å². The molecule has 1 aliphatic heterocycles. The molecule has 2 aromatic rings. The number of thioether (sulfide) groups is 1. The van der Waals surface area contributed by atoms with Crippen LogP contribution in [0.1, 0.15) is 15.9 Å². The van der Waals surface area contributed by atoms with E-state index in [1.165, 1.54) is 16.7 Å².